The Labute approximate surface area is 112 Å². The van der Waals surface area contributed by atoms with E-state index in [0.29, 0.717) is 23.3 Å². The van der Waals surface area contributed by atoms with Crippen LogP contribution in [0.4, 0.5) is 0 Å². The van der Waals surface area contributed by atoms with Crippen LogP contribution in [-0.2, 0) is 0 Å². The topological polar surface area (TPSA) is 50.5 Å². The second-order valence-electron chi connectivity index (χ2n) is 5.32. The number of nitrogens with zero attached hydrogens (tertiary/aromatic N) is 4. The van der Waals surface area contributed by atoms with Crippen LogP contribution in [0.25, 0.3) is 5.65 Å². The Morgan fingerprint density at radius 3 is 3.00 bits per heavy atom. The van der Waals surface area contributed by atoms with Gasteiger partial charge in [-0.3, -0.25) is 14.1 Å². The molecule has 2 aromatic rings. The van der Waals surface area contributed by atoms with Gasteiger partial charge in [0, 0.05) is 12.2 Å². The van der Waals surface area contributed by atoms with Crippen molar-refractivity contribution in [2.75, 3.05) is 6.54 Å². The highest BCUT2D eigenvalue weighted by molar-refractivity contribution is 5.83. The van der Waals surface area contributed by atoms with Crippen molar-refractivity contribution in [3.63, 3.8) is 0 Å². The maximum atomic E-state index is 11.0. The molecule has 1 unspecified atom stereocenters. The molecule has 0 N–H and O–H groups in total. The van der Waals surface area contributed by atoms with E-state index in [2.05, 4.69) is 28.9 Å². The third-order valence-corrected chi connectivity index (χ3v) is 3.87. The molecule has 1 fully saturated rings. The number of aldehydes is 1. The molecule has 3 heterocycles. The Morgan fingerprint density at radius 1 is 1.42 bits per heavy atom. The Balaban J connectivity index is 2.08. The highest BCUT2D eigenvalue weighted by Gasteiger charge is 2.31. The molecule has 5 nitrogen and oxygen atoms in total. The summed E-state index contributed by atoms with van der Waals surface area (Å²) >= 11 is 0. The minimum Gasteiger partial charge on any atom is -0.298 e. The van der Waals surface area contributed by atoms with Gasteiger partial charge in [-0.15, -0.1) is 10.2 Å². The Hall–Kier alpha value is -1.75. The fourth-order valence-corrected chi connectivity index (χ4v) is 2.96. The maximum Gasteiger partial charge on any atom is 0.171 e. The molecule has 0 amide bonds. The molecule has 5 heteroatoms. The van der Waals surface area contributed by atoms with Gasteiger partial charge in [0.05, 0.1) is 11.6 Å². The van der Waals surface area contributed by atoms with Crippen LogP contribution < -0.4 is 0 Å². The Bertz CT molecular complexity index is 605. The van der Waals surface area contributed by atoms with Gasteiger partial charge in [0.1, 0.15) is 0 Å². The third kappa shape index (κ3) is 1.94. The Kier molecular flexibility index (Phi) is 3.06. The van der Waals surface area contributed by atoms with Crippen LogP contribution in [0, 0.1) is 0 Å². The van der Waals surface area contributed by atoms with Crippen molar-refractivity contribution < 1.29 is 4.79 Å². The van der Waals surface area contributed by atoms with Crippen LogP contribution in [-0.4, -0.2) is 38.4 Å². The zero-order valence-corrected chi connectivity index (χ0v) is 11.3. The summed E-state index contributed by atoms with van der Waals surface area (Å²) in [4.78, 5) is 13.5. The van der Waals surface area contributed by atoms with Crippen LogP contribution >= 0.6 is 0 Å². The van der Waals surface area contributed by atoms with E-state index in [1.54, 1.807) is 6.07 Å². The van der Waals surface area contributed by atoms with Gasteiger partial charge in [-0.1, -0.05) is 0 Å². The molecular weight excluding hydrogens is 240 g/mol. The maximum absolute atomic E-state index is 11.0. The van der Waals surface area contributed by atoms with Crippen molar-refractivity contribution in [2.24, 2.45) is 0 Å². The molecule has 1 atom stereocenters. The number of carbonyl (C=O) groups is 1. The third-order valence-electron chi connectivity index (χ3n) is 3.87. The first-order chi connectivity index (χ1) is 9.22. The number of carbonyl (C=O) groups excluding carboxylic acids is 1. The standard InChI is InChI=1S/C14H18N4O/c1-10(2)17-7-4-6-12(17)14-16-15-13-11(9-19)5-3-8-18(13)14/h3,5,8-10,12H,4,6-7H2,1-2H3. The van der Waals surface area contributed by atoms with Crippen molar-refractivity contribution in [3.8, 4) is 0 Å². The molecule has 0 spiro atoms. The number of aromatic nitrogens is 3. The van der Waals surface area contributed by atoms with Crippen molar-refractivity contribution in [3.05, 3.63) is 29.7 Å². The van der Waals surface area contributed by atoms with Gasteiger partial charge < -0.3 is 0 Å². The molecule has 100 valence electrons. The van der Waals surface area contributed by atoms with Gasteiger partial charge in [-0.25, -0.2) is 0 Å². The summed E-state index contributed by atoms with van der Waals surface area (Å²) in [5.41, 5.74) is 1.25. The van der Waals surface area contributed by atoms with E-state index < -0.39 is 0 Å². The van der Waals surface area contributed by atoms with E-state index >= 15 is 0 Å². The summed E-state index contributed by atoms with van der Waals surface area (Å²) in [6, 6.07) is 4.44. The normalized spacial score (nSPS) is 20.5. The second-order valence-corrected chi connectivity index (χ2v) is 5.32. The molecule has 1 saturated heterocycles. The molecule has 1 aliphatic rings. The number of hydrogen-bond acceptors (Lipinski definition) is 4. The summed E-state index contributed by atoms with van der Waals surface area (Å²) in [5.74, 6) is 0.949. The van der Waals surface area contributed by atoms with E-state index in [4.69, 9.17) is 0 Å². The van der Waals surface area contributed by atoms with Crippen molar-refractivity contribution >= 4 is 11.9 Å². The highest BCUT2D eigenvalue weighted by atomic mass is 16.1. The molecule has 0 aromatic carbocycles. The first-order valence-corrected chi connectivity index (χ1v) is 6.77. The number of fused-ring (bicyclic) bond motifs is 1. The molecule has 3 rings (SSSR count). The lowest BCUT2D eigenvalue weighted by atomic mass is 10.2. The monoisotopic (exact) mass is 258 g/mol. The minimum atomic E-state index is 0.303. The minimum absolute atomic E-state index is 0.303. The predicted octanol–water partition coefficient (Wildman–Crippen LogP) is 2.09. The molecular formula is C14H18N4O. The zero-order valence-electron chi connectivity index (χ0n) is 11.3. The molecule has 0 aliphatic carbocycles. The fraction of sp³-hybridized carbons (Fsp3) is 0.500. The molecule has 0 radical (unpaired) electrons. The van der Waals surface area contributed by atoms with Crippen LogP contribution in [0.5, 0.6) is 0 Å². The number of likely N-dealkylation sites (tertiary alicyclic amines) is 1. The molecule has 0 saturated carbocycles. The van der Waals surface area contributed by atoms with Gasteiger partial charge in [0.25, 0.3) is 0 Å². The van der Waals surface area contributed by atoms with Crippen molar-refractivity contribution in [1.82, 2.24) is 19.5 Å². The summed E-state index contributed by atoms with van der Waals surface area (Å²) in [6.07, 6.45) is 5.06. The summed E-state index contributed by atoms with van der Waals surface area (Å²) in [7, 11) is 0. The van der Waals surface area contributed by atoms with Crippen LogP contribution in [0.15, 0.2) is 18.3 Å². The lowest BCUT2D eigenvalue weighted by molar-refractivity contribution is 0.112. The summed E-state index contributed by atoms with van der Waals surface area (Å²) in [5, 5.41) is 8.51. The van der Waals surface area contributed by atoms with Crippen molar-refractivity contribution in [2.45, 2.75) is 38.8 Å². The smallest absolute Gasteiger partial charge is 0.171 e. The van der Waals surface area contributed by atoms with Gasteiger partial charge in [0.2, 0.25) is 0 Å². The largest absolute Gasteiger partial charge is 0.298 e. The van der Waals surface area contributed by atoms with Gasteiger partial charge in [-0.2, -0.15) is 0 Å². The summed E-state index contributed by atoms with van der Waals surface area (Å²) < 4.78 is 1.95. The van der Waals surface area contributed by atoms with E-state index in [0.717, 1.165) is 25.1 Å². The van der Waals surface area contributed by atoms with Gasteiger partial charge in [0.15, 0.2) is 17.8 Å². The zero-order chi connectivity index (χ0) is 13.4. The van der Waals surface area contributed by atoms with E-state index in [1.807, 2.05) is 16.7 Å². The van der Waals surface area contributed by atoms with Crippen LogP contribution in [0.1, 0.15) is 48.9 Å². The molecule has 0 bridgehead atoms. The van der Waals surface area contributed by atoms with Gasteiger partial charge >= 0.3 is 0 Å². The SMILES string of the molecule is CC(C)N1CCCC1c1nnc2c(C=O)cccn12. The molecule has 19 heavy (non-hydrogen) atoms. The average Bonchev–Trinajstić information content (AvgIpc) is 3.03. The number of rotatable bonds is 3. The molecule has 1 aliphatic heterocycles. The lowest BCUT2D eigenvalue weighted by Crippen LogP contribution is -2.31. The fourth-order valence-electron chi connectivity index (χ4n) is 2.96. The average molecular weight is 258 g/mol. The van der Waals surface area contributed by atoms with E-state index in [9.17, 15) is 4.79 Å². The van der Waals surface area contributed by atoms with E-state index in [1.165, 1.54) is 6.42 Å². The lowest BCUT2D eigenvalue weighted by Gasteiger charge is -2.26. The Morgan fingerprint density at radius 2 is 2.26 bits per heavy atom. The second kappa shape index (κ2) is 4.74. The quantitative estimate of drug-likeness (QED) is 0.791. The van der Waals surface area contributed by atoms with E-state index in [-0.39, 0.29) is 0 Å². The predicted molar refractivity (Wildman–Crippen MR) is 72.2 cm³/mol. The van der Waals surface area contributed by atoms with Crippen LogP contribution in [0.3, 0.4) is 0 Å². The number of hydrogen-bond donors (Lipinski definition) is 0. The number of pyridine rings is 1. The van der Waals surface area contributed by atoms with Gasteiger partial charge in [-0.05, 0) is 45.4 Å². The summed E-state index contributed by atoms with van der Waals surface area (Å²) in [6.45, 7) is 5.52. The first-order valence-electron chi connectivity index (χ1n) is 6.77. The van der Waals surface area contributed by atoms with Crippen molar-refractivity contribution in [1.29, 1.82) is 0 Å². The highest BCUT2D eigenvalue weighted by Crippen LogP contribution is 2.32. The first kappa shape index (κ1) is 12.3. The molecule has 2 aromatic heterocycles. The van der Waals surface area contributed by atoms with Crippen LogP contribution in [0.2, 0.25) is 0 Å².